The summed E-state index contributed by atoms with van der Waals surface area (Å²) >= 11 is 13.9. The highest BCUT2D eigenvalue weighted by Crippen LogP contribution is 2.25. The van der Waals surface area contributed by atoms with Gasteiger partial charge in [0, 0.05) is 27.5 Å². The molecule has 1 atom stereocenters. The van der Waals surface area contributed by atoms with Gasteiger partial charge in [-0.3, -0.25) is 9.59 Å². The second-order valence-corrected chi connectivity index (χ2v) is 10.3. The third kappa shape index (κ3) is 7.16. The van der Waals surface area contributed by atoms with Crippen molar-refractivity contribution in [3.05, 3.63) is 63.6 Å². The Bertz CT molecular complexity index is 930. The van der Waals surface area contributed by atoms with Crippen LogP contribution in [0.3, 0.4) is 0 Å². The molecule has 2 amide bonds. The van der Waals surface area contributed by atoms with E-state index in [9.17, 15) is 9.59 Å². The van der Waals surface area contributed by atoms with Crippen LogP contribution in [-0.2, 0) is 16.1 Å². The van der Waals surface area contributed by atoms with E-state index in [1.54, 1.807) is 24.0 Å². The Balaban J connectivity index is 1.73. The summed E-state index contributed by atoms with van der Waals surface area (Å²) in [6.45, 7) is 4.07. The van der Waals surface area contributed by atoms with E-state index in [0.717, 1.165) is 36.1 Å². The average molecular weight is 494 g/mol. The largest absolute Gasteiger partial charge is 0.352 e. The molecule has 0 aromatic heterocycles. The molecule has 0 spiro atoms. The van der Waals surface area contributed by atoms with E-state index in [0.29, 0.717) is 10.0 Å². The van der Waals surface area contributed by atoms with E-state index in [1.807, 2.05) is 37.3 Å². The van der Waals surface area contributed by atoms with Crippen molar-refractivity contribution >= 4 is 46.8 Å². The number of hydrogen-bond acceptors (Lipinski definition) is 3. The van der Waals surface area contributed by atoms with Gasteiger partial charge in [-0.2, -0.15) is 0 Å². The molecule has 1 N–H and O–H groups in total. The molecule has 1 unspecified atom stereocenters. The number of nitrogens with zero attached hydrogens (tertiary/aromatic N) is 1. The molecule has 2 aromatic carbocycles. The second-order valence-electron chi connectivity index (χ2n) is 8.38. The molecule has 1 fully saturated rings. The molecule has 32 heavy (non-hydrogen) atoms. The van der Waals surface area contributed by atoms with Crippen LogP contribution in [-0.4, -0.2) is 34.6 Å². The first-order chi connectivity index (χ1) is 15.3. The van der Waals surface area contributed by atoms with Crippen LogP contribution in [0.1, 0.15) is 50.2 Å². The van der Waals surface area contributed by atoms with Crippen molar-refractivity contribution < 1.29 is 9.59 Å². The Hall–Kier alpha value is -1.69. The molecule has 0 aliphatic heterocycles. The van der Waals surface area contributed by atoms with E-state index in [-0.39, 0.29) is 30.2 Å². The molecule has 4 nitrogen and oxygen atoms in total. The molecule has 3 rings (SSSR count). The quantitative estimate of drug-likeness (QED) is 0.442. The van der Waals surface area contributed by atoms with Gasteiger partial charge in [0.15, 0.2) is 0 Å². The maximum absolute atomic E-state index is 13.3. The number of benzene rings is 2. The Morgan fingerprint density at radius 3 is 2.44 bits per heavy atom. The lowest BCUT2D eigenvalue weighted by molar-refractivity contribution is -0.139. The highest BCUT2D eigenvalue weighted by molar-refractivity contribution is 8.00. The molecule has 1 saturated carbocycles. The minimum absolute atomic E-state index is 0.104. The van der Waals surface area contributed by atoms with Crippen molar-refractivity contribution in [2.24, 2.45) is 0 Å². The predicted molar refractivity (Wildman–Crippen MR) is 133 cm³/mol. The fourth-order valence-corrected chi connectivity index (χ4v) is 5.10. The topological polar surface area (TPSA) is 49.4 Å². The first kappa shape index (κ1) is 24.9. The molecule has 0 saturated heterocycles. The Morgan fingerprint density at radius 1 is 1.09 bits per heavy atom. The van der Waals surface area contributed by atoms with Gasteiger partial charge in [0.1, 0.15) is 6.04 Å². The number of thioether (sulfide) groups is 1. The van der Waals surface area contributed by atoms with Gasteiger partial charge in [0.2, 0.25) is 11.8 Å². The van der Waals surface area contributed by atoms with E-state index >= 15 is 0 Å². The normalized spacial score (nSPS) is 15.2. The number of halogens is 2. The second kappa shape index (κ2) is 12.0. The zero-order valence-electron chi connectivity index (χ0n) is 18.6. The molecule has 0 bridgehead atoms. The van der Waals surface area contributed by atoms with E-state index < -0.39 is 6.04 Å². The van der Waals surface area contributed by atoms with E-state index in [2.05, 4.69) is 5.32 Å². The van der Waals surface area contributed by atoms with Gasteiger partial charge in [-0.1, -0.05) is 66.2 Å². The molecule has 172 valence electrons. The summed E-state index contributed by atoms with van der Waals surface area (Å²) in [4.78, 5) is 28.9. The number of amides is 2. The van der Waals surface area contributed by atoms with Crippen molar-refractivity contribution in [2.45, 2.75) is 69.5 Å². The first-order valence-electron chi connectivity index (χ1n) is 11.1. The van der Waals surface area contributed by atoms with Crippen molar-refractivity contribution in [1.82, 2.24) is 10.2 Å². The number of carbonyl (C=O) groups is 2. The maximum Gasteiger partial charge on any atom is 0.242 e. The van der Waals surface area contributed by atoms with Gasteiger partial charge < -0.3 is 10.2 Å². The SMILES string of the molecule is Cc1ccc(SCC(=O)N(Cc2ccc(Cl)cc2Cl)C(C)C(=O)NC2CCCCC2)cc1. The zero-order chi connectivity index (χ0) is 23.1. The molecular weight excluding hydrogens is 463 g/mol. The minimum atomic E-state index is -0.602. The van der Waals surface area contributed by atoms with E-state index in [1.165, 1.54) is 23.7 Å². The molecule has 1 aliphatic rings. The summed E-state index contributed by atoms with van der Waals surface area (Å²) in [5, 5.41) is 4.17. The number of hydrogen-bond donors (Lipinski definition) is 1. The Kier molecular flexibility index (Phi) is 9.33. The fraction of sp³-hybridized carbons (Fsp3) is 0.440. The summed E-state index contributed by atoms with van der Waals surface area (Å²) in [5.41, 5.74) is 1.94. The summed E-state index contributed by atoms with van der Waals surface area (Å²) < 4.78 is 0. The summed E-state index contributed by atoms with van der Waals surface area (Å²) in [5.74, 6) is 0.0264. The van der Waals surface area contributed by atoms with Gasteiger partial charge in [0.05, 0.1) is 5.75 Å². The van der Waals surface area contributed by atoms with Crippen LogP contribution >= 0.6 is 35.0 Å². The van der Waals surface area contributed by atoms with Gasteiger partial charge in [0.25, 0.3) is 0 Å². The van der Waals surface area contributed by atoms with Gasteiger partial charge >= 0.3 is 0 Å². The van der Waals surface area contributed by atoms with Crippen LogP contribution in [0.15, 0.2) is 47.4 Å². The van der Waals surface area contributed by atoms with Gasteiger partial charge in [-0.15, -0.1) is 11.8 Å². The van der Waals surface area contributed by atoms with Crippen LogP contribution in [0.4, 0.5) is 0 Å². The van der Waals surface area contributed by atoms with E-state index in [4.69, 9.17) is 23.2 Å². The monoisotopic (exact) mass is 492 g/mol. The van der Waals surface area contributed by atoms with Crippen molar-refractivity contribution in [2.75, 3.05) is 5.75 Å². The lowest BCUT2D eigenvalue weighted by Gasteiger charge is -2.31. The molecule has 1 aliphatic carbocycles. The average Bonchev–Trinajstić information content (AvgIpc) is 2.78. The smallest absolute Gasteiger partial charge is 0.242 e. The van der Waals surface area contributed by atoms with Gasteiger partial charge in [-0.25, -0.2) is 0 Å². The van der Waals surface area contributed by atoms with Crippen LogP contribution in [0.25, 0.3) is 0 Å². The van der Waals surface area contributed by atoms with Crippen LogP contribution in [0, 0.1) is 6.92 Å². The lowest BCUT2D eigenvalue weighted by Crippen LogP contribution is -2.50. The first-order valence-corrected chi connectivity index (χ1v) is 12.8. The van der Waals surface area contributed by atoms with Gasteiger partial charge in [-0.05, 0) is 56.5 Å². The summed E-state index contributed by atoms with van der Waals surface area (Å²) in [7, 11) is 0. The number of carbonyl (C=O) groups excluding carboxylic acids is 2. The van der Waals surface area contributed by atoms with Crippen LogP contribution in [0.5, 0.6) is 0 Å². The van der Waals surface area contributed by atoms with Crippen LogP contribution in [0.2, 0.25) is 10.0 Å². The fourth-order valence-electron chi connectivity index (χ4n) is 3.85. The Morgan fingerprint density at radius 2 is 1.78 bits per heavy atom. The maximum atomic E-state index is 13.3. The molecule has 0 heterocycles. The van der Waals surface area contributed by atoms with Crippen molar-refractivity contribution in [1.29, 1.82) is 0 Å². The van der Waals surface area contributed by atoms with Crippen molar-refractivity contribution in [3.63, 3.8) is 0 Å². The predicted octanol–water partition coefficient (Wildman–Crippen LogP) is 6.26. The molecule has 7 heteroatoms. The van der Waals surface area contributed by atoms with Crippen molar-refractivity contribution in [3.8, 4) is 0 Å². The number of aryl methyl sites for hydroxylation is 1. The highest BCUT2D eigenvalue weighted by Gasteiger charge is 2.28. The Labute approximate surface area is 205 Å². The minimum Gasteiger partial charge on any atom is -0.352 e. The highest BCUT2D eigenvalue weighted by atomic mass is 35.5. The zero-order valence-corrected chi connectivity index (χ0v) is 20.9. The standard InChI is InChI=1S/C25H30Cl2N2O2S/c1-17-8-12-22(13-9-17)32-16-24(30)29(15-19-10-11-20(26)14-23(19)27)18(2)25(31)28-21-6-4-3-5-7-21/h8-14,18,21H,3-7,15-16H2,1-2H3,(H,28,31). The lowest BCUT2D eigenvalue weighted by atomic mass is 9.95. The third-order valence-electron chi connectivity index (χ3n) is 5.86. The molecule has 0 radical (unpaired) electrons. The molecular formula is C25H30Cl2N2O2S. The number of rotatable bonds is 8. The third-order valence-corrected chi connectivity index (χ3v) is 7.44. The summed E-state index contributed by atoms with van der Waals surface area (Å²) in [6.07, 6.45) is 5.49. The number of nitrogens with one attached hydrogen (secondary N) is 1. The summed E-state index contributed by atoms with van der Waals surface area (Å²) in [6, 6.07) is 12.9. The molecule has 2 aromatic rings. The van der Waals surface area contributed by atoms with Crippen LogP contribution < -0.4 is 5.32 Å².